The molecular weight excluding hydrogens is 436 g/mol. The van der Waals surface area contributed by atoms with Gasteiger partial charge in [-0.05, 0) is 49.6 Å². The van der Waals surface area contributed by atoms with Crippen LogP contribution in [0.4, 0.5) is 5.69 Å². The molecule has 3 heterocycles. The molecule has 0 saturated carbocycles. The molecular formula is C24H26N6O2S. The lowest BCUT2D eigenvalue weighted by Gasteiger charge is -2.09. The number of hydrogen-bond donors (Lipinski definition) is 1. The number of carbonyl (C=O) groups is 1. The first kappa shape index (κ1) is 22.7. The highest BCUT2D eigenvalue weighted by Gasteiger charge is 2.17. The summed E-state index contributed by atoms with van der Waals surface area (Å²) in [5, 5.41) is 12.0. The third kappa shape index (κ3) is 4.83. The fraction of sp³-hybridized carbons (Fsp3) is 0.292. The SMILES string of the molecule is CCc1ccc(NC(=O)CSc2nnc(Cc3c(C)nc4c(C)cccn4c3=O)n2C)cc1. The lowest BCUT2D eigenvalue weighted by atomic mass is 10.1. The lowest BCUT2D eigenvalue weighted by molar-refractivity contribution is -0.113. The summed E-state index contributed by atoms with van der Waals surface area (Å²) in [6.07, 6.45) is 3.00. The number of aryl methyl sites for hydroxylation is 3. The van der Waals surface area contributed by atoms with Crippen LogP contribution in [-0.4, -0.2) is 35.8 Å². The number of carbonyl (C=O) groups excluding carboxylic acids is 1. The number of nitrogens with one attached hydrogen (secondary N) is 1. The van der Waals surface area contributed by atoms with Gasteiger partial charge < -0.3 is 9.88 Å². The summed E-state index contributed by atoms with van der Waals surface area (Å²) >= 11 is 1.30. The molecule has 1 amide bonds. The monoisotopic (exact) mass is 462 g/mol. The molecule has 33 heavy (non-hydrogen) atoms. The normalized spacial score (nSPS) is 11.2. The van der Waals surface area contributed by atoms with Crippen LogP contribution in [-0.2, 0) is 24.7 Å². The number of rotatable bonds is 7. The van der Waals surface area contributed by atoms with E-state index in [1.807, 2.05) is 61.9 Å². The maximum absolute atomic E-state index is 13.1. The van der Waals surface area contributed by atoms with Crippen LogP contribution in [0.2, 0.25) is 0 Å². The second-order valence-corrected chi connectivity index (χ2v) is 8.83. The molecule has 4 aromatic rings. The lowest BCUT2D eigenvalue weighted by Crippen LogP contribution is -2.23. The van der Waals surface area contributed by atoms with Crippen LogP contribution in [0.5, 0.6) is 0 Å². The van der Waals surface area contributed by atoms with E-state index in [1.54, 1.807) is 10.6 Å². The molecule has 8 nitrogen and oxygen atoms in total. The van der Waals surface area contributed by atoms with E-state index in [-0.39, 0.29) is 17.2 Å². The first-order valence-corrected chi connectivity index (χ1v) is 11.7. The van der Waals surface area contributed by atoms with Gasteiger partial charge in [-0.25, -0.2) is 4.98 Å². The van der Waals surface area contributed by atoms with E-state index in [1.165, 1.54) is 17.3 Å². The first-order chi connectivity index (χ1) is 15.9. The van der Waals surface area contributed by atoms with Gasteiger partial charge in [-0.15, -0.1) is 10.2 Å². The highest BCUT2D eigenvalue weighted by molar-refractivity contribution is 7.99. The number of hydrogen-bond acceptors (Lipinski definition) is 6. The molecule has 9 heteroatoms. The third-order valence-electron chi connectivity index (χ3n) is 5.59. The summed E-state index contributed by atoms with van der Waals surface area (Å²) in [5.41, 5.74) is 4.76. The van der Waals surface area contributed by atoms with Crippen molar-refractivity contribution in [1.29, 1.82) is 0 Å². The van der Waals surface area contributed by atoms with Gasteiger partial charge in [0.2, 0.25) is 5.91 Å². The van der Waals surface area contributed by atoms with Crippen LogP contribution >= 0.6 is 11.8 Å². The maximum Gasteiger partial charge on any atom is 0.261 e. The van der Waals surface area contributed by atoms with E-state index in [4.69, 9.17) is 0 Å². The summed E-state index contributed by atoms with van der Waals surface area (Å²) < 4.78 is 3.39. The molecule has 0 fully saturated rings. The van der Waals surface area contributed by atoms with Gasteiger partial charge in [0.1, 0.15) is 11.5 Å². The zero-order chi connectivity index (χ0) is 23.5. The average Bonchev–Trinajstić information content (AvgIpc) is 3.15. The van der Waals surface area contributed by atoms with Gasteiger partial charge in [-0.3, -0.25) is 14.0 Å². The number of pyridine rings is 1. The standard InChI is InChI=1S/C24H26N6O2S/c1-5-17-8-10-18(11-9-17)26-21(31)14-33-24-28-27-20(29(24)4)13-19-16(3)25-22-15(2)7-6-12-30(22)23(19)32/h6-12H,5,13-14H2,1-4H3,(H,26,31). The number of fused-ring (bicyclic) bond motifs is 1. The number of aromatic nitrogens is 5. The first-order valence-electron chi connectivity index (χ1n) is 10.7. The summed E-state index contributed by atoms with van der Waals surface area (Å²) in [6.45, 7) is 5.87. The zero-order valence-electron chi connectivity index (χ0n) is 19.1. The molecule has 0 saturated heterocycles. The Morgan fingerprint density at radius 3 is 2.61 bits per heavy atom. The van der Waals surface area contributed by atoms with Crippen molar-refractivity contribution in [2.24, 2.45) is 7.05 Å². The number of anilines is 1. The summed E-state index contributed by atoms with van der Waals surface area (Å²) in [7, 11) is 1.84. The molecule has 0 bridgehead atoms. The summed E-state index contributed by atoms with van der Waals surface area (Å²) in [5.74, 6) is 0.736. The Morgan fingerprint density at radius 2 is 1.88 bits per heavy atom. The Balaban J connectivity index is 1.46. The van der Waals surface area contributed by atoms with Gasteiger partial charge in [0.15, 0.2) is 5.16 Å². The molecule has 1 aromatic carbocycles. The van der Waals surface area contributed by atoms with Crippen molar-refractivity contribution < 1.29 is 4.79 Å². The molecule has 0 atom stereocenters. The Labute approximate surface area is 196 Å². The van der Waals surface area contributed by atoms with Crippen LogP contribution < -0.4 is 10.9 Å². The largest absolute Gasteiger partial charge is 0.325 e. The zero-order valence-corrected chi connectivity index (χ0v) is 19.9. The average molecular weight is 463 g/mol. The number of nitrogens with zero attached hydrogens (tertiary/aromatic N) is 5. The van der Waals surface area contributed by atoms with Crippen molar-refractivity contribution in [3.05, 3.63) is 81.2 Å². The smallest absolute Gasteiger partial charge is 0.261 e. The predicted octanol–water partition coefficient (Wildman–Crippen LogP) is 3.32. The topological polar surface area (TPSA) is 94.2 Å². The van der Waals surface area contributed by atoms with Crippen LogP contribution in [0, 0.1) is 13.8 Å². The van der Waals surface area contributed by atoms with Crippen molar-refractivity contribution in [3.63, 3.8) is 0 Å². The van der Waals surface area contributed by atoms with Crippen molar-refractivity contribution in [2.75, 3.05) is 11.1 Å². The minimum Gasteiger partial charge on any atom is -0.325 e. The van der Waals surface area contributed by atoms with E-state index < -0.39 is 0 Å². The molecule has 0 aliphatic rings. The van der Waals surface area contributed by atoms with Gasteiger partial charge in [-0.2, -0.15) is 0 Å². The summed E-state index contributed by atoms with van der Waals surface area (Å²) in [6, 6.07) is 11.6. The Bertz CT molecular complexity index is 1370. The highest BCUT2D eigenvalue weighted by atomic mass is 32.2. The van der Waals surface area contributed by atoms with Crippen molar-refractivity contribution in [2.45, 2.75) is 38.8 Å². The second-order valence-electron chi connectivity index (χ2n) is 7.89. The van der Waals surface area contributed by atoms with E-state index in [0.29, 0.717) is 34.3 Å². The Hall–Kier alpha value is -3.46. The van der Waals surface area contributed by atoms with E-state index in [2.05, 4.69) is 27.4 Å². The molecule has 0 aliphatic carbocycles. The van der Waals surface area contributed by atoms with Gasteiger partial charge >= 0.3 is 0 Å². The number of thioether (sulfide) groups is 1. The van der Waals surface area contributed by atoms with Crippen molar-refractivity contribution >= 4 is 29.0 Å². The van der Waals surface area contributed by atoms with Gasteiger partial charge in [0, 0.05) is 36.6 Å². The van der Waals surface area contributed by atoms with Crippen LogP contribution in [0.25, 0.3) is 5.65 Å². The minimum absolute atomic E-state index is 0.105. The third-order valence-corrected chi connectivity index (χ3v) is 6.61. The highest BCUT2D eigenvalue weighted by Crippen LogP contribution is 2.19. The molecule has 0 radical (unpaired) electrons. The predicted molar refractivity (Wildman–Crippen MR) is 130 cm³/mol. The number of benzene rings is 1. The number of amides is 1. The maximum atomic E-state index is 13.1. The fourth-order valence-electron chi connectivity index (χ4n) is 3.58. The van der Waals surface area contributed by atoms with E-state index in [9.17, 15) is 9.59 Å². The molecule has 0 unspecified atom stereocenters. The fourth-order valence-corrected chi connectivity index (χ4v) is 4.31. The van der Waals surface area contributed by atoms with Crippen LogP contribution in [0.3, 0.4) is 0 Å². The van der Waals surface area contributed by atoms with Crippen LogP contribution in [0.15, 0.2) is 52.5 Å². The van der Waals surface area contributed by atoms with Crippen LogP contribution in [0.1, 0.15) is 35.1 Å². The Kier molecular flexibility index (Phi) is 6.60. The van der Waals surface area contributed by atoms with Gasteiger partial charge in [0.25, 0.3) is 5.56 Å². The molecule has 170 valence electrons. The molecule has 0 spiro atoms. The molecule has 3 aromatic heterocycles. The van der Waals surface area contributed by atoms with Gasteiger partial charge in [-0.1, -0.05) is 36.9 Å². The molecule has 0 aliphatic heterocycles. The Morgan fingerprint density at radius 1 is 1.12 bits per heavy atom. The van der Waals surface area contributed by atoms with Gasteiger partial charge in [0.05, 0.1) is 5.75 Å². The summed E-state index contributed by atoms with van der Waals surface area (Å²) in [4.78, 5) is 30.0. The van der Waals surface area contributed by atoms with Crippen molar-refractivity contribution in [1.82, 2.24) is 24.1 Å². The van der Waals surface area contributed by atoms with Crippen molar-refractivity contribution in [3.8, 4) is 0 Å². The quantitative estimate of drug-likeness (QED) is 0.424. The minimum atomic E-state index is -0.114. The van der Waals surface area contributed by atoms with E-state index in [0.717, 1.165) is 17.7 Å². The van der Waals surface area contributed by atoms with E-state index >= 15 is 0 Å². The molecule has 1 N–H and O–H groups in total. The second kappa shape index (κ2) is 9.58. The molecule has 4 rings (SSSR count).